The molecule has 27 heavy (non-hydrogen) atoms. The van der Waals surface area contributed by atoms with Gasteiger partial charge in [-0.25, -0.2) is 4.98 Å². The summed E-state index contributed by atoms with van der Waals surface area (Å²) < 4.78 is 1.95. The van der Waals surface area contributed by atoms with Crippen molar-refractivity contribution in [3.05, 3.63) is 43.0 Å². The zero-order chi connectivity index (χ0) is 18.3. The van der Waals surface area contributed by atoms with Crippen LogP contribution in [0.3, 0.4) is 0 Å². The highest BCUT2D eigenvalue weighted by atomic mass is 79.9. The van der Waals surface area contributed by atoms with E-state index in [0.717, 1.165) is 44.6 Å². The quantitative estimate of drug-likeness (QED) is 0.427. The van der Waals surface area contributed by atoms with Crippen molar-refractivity contribution in [3.8, 4) is 0 Å². The van der Waals surface area contributed by atoms with Gasteiger partial charge in [-0.3, -0.25) is 4.79 Å². The summed E-state index contributed by atoms with van der Waals surface area (Å²) in [6, 6.07) is 5.56. The van der Waals surface area contributed by atoms with Crippen LogP contribution < -0.4 is 11.1 Å². The van der Waals surface area contributed by atoms with Gasteiger partial charge in [0, 0.05) is 34.7 Å². The van der Waals surface area contributed by atoms with Crippen molar-refractivity contribution in [2.24, 2.45) is 5.73 Å². The average Bonchev–Trinajstić information content (AvgIpc) is 3.24. The number of pyridine rings is 1. The third-order valence-electron chi connectivity index (χ3n) is 4.69. The molecule has 1 aliphatic carbocycles. The van der Waals surface area contributed by atoms with Crippen molar-refractivity contribution in [1.29, 1.82) is 0 Å². The molecule has 1 saturated carbocycles. The summed E-state index contributed by atoms with van der Waals surface area (Å²) in [4.78, 5) is 18.9. The number of rotatable bonds is 4. The Morgan fingerprint density at radius 2 is 2.26 bits per heavy atom. The van der Waals surface area contributed by atoms with Gasteiger partial charge in [0.05, 0.1) is 26.4 Å². The topological polar surface area (TPSA) is 68.0 Å². The molecule has 0 unspecified atom stereocenters. The highest BCUT2D eigenvalue weighted by Gasteiger charge is 2.33. The van der Waals surface area contributed by atoms with E-state index in [1.54, 1.807) is 22.7 Å². The number of thiophene rings is 2. The second-order valence-electron chi connectivity index (χ2n) is 6.37. The number of carbonyl (C=O) groups is 1. The fraction of sp³-hybridized carbons (Fsp3) is 0.333. The Morgan fingerprint density at radius 3 is 3.00 bits per heavy atom. The average molecular weight is 507 g/mol. The molecule has 4 nitrogen and oxygen atoms in total. The van der Waals surface area contributed by atoms with Gasteiger partial charge in [0.15, 0.2) is 0 Å². The molecule has 3 aromatic heterocycles. The van der Waals surface area contributed by atoms with Crippen LogP contribution in [-0.4, -0.2) is 16.8 Å². The van der Waals surface area contributed by atoms with Crippen molar-refractivity contribution < 1.29 is 4.79 Å². The number of anilines is 1. The molecule has 9 heteroatoms. The van der Waals surface area contributed by atoms with Crippen molar-refractivity contribution in [1.82, 2.24) is 4.98 Å². The minimum absolute atomic E-state index is 0. The number of Topliss-reactive ketones (excluding diaryl/α,β-unsaturated/α-hetero) is 1. The Labute approximate surface area is 185 Å². The van der Waals surface area contributed by atoms with E-state index in [1.807, 2.05) is 12.1 Å². The molecule has 0 spiro atoms. The lowest BCUT2D eigenvalue weighted by Gasteiger charge is -2.26. The van der Waals surface area contributed by atoms with Gasteiger partial charge in [0.2, 0.25) is 0 Å². The molecule has 0 radical (unpaired) electrons. The number of carbonyl (C=O) groups excluding carboxylic acids is 1. The van der Waals surface area contributed by atoms with Gasteiger partial charge >= 0.3 is 0 Å². The minimum Gasteiger partial charge on any atom is -0.379 e. The van der Waals surface area contributed by atoms with E-state index in [2.05, 4.69) is 37.7 Å². The first-order valence-corrected chi connectivity index (χ1v) is 11.2. The lowest BCUT2D eigenvalue weighted by atomic mass is 9.83. The lowest BCUT2D eigenvalue weighted by Crippen LogP contribution is -2.39. The Kier molecular flexibility index (Phi) is 6.82. The fourth-order valence-corrected chi connectivity index (χ4v) is 6.45. The van der Waals surface area contributed by atoms with Crippen molar-refractivity contribution >= 4 is 84.3 Å². The Hall–Kier alpha value is -0.700. The van der Waals surface area contributed by atoms with Crippen molar-refractivity contribution in [2.45, 2.75) is 37.8 Å². The number of halogens is 3. The Morgan fingerprint density at radius 1 is 1.44 bits per heavy atom. The summed E-state index contributed by atoms with van der Waals surface area (Å²) in [5.41, 5.74) is 8.00. The summed E-state index contributed by atoms with van der Waals surface area (Å²) in [6.07, 6.45) is 2.39. The molecule has 2 atom stereocenters. The molecular weight excluding hydrogens is 489 g/mol. The smallest absolute Gasteiger partial charge is 0.150 e. The number of nitrogens with zero attached hydrogens (tertiary/aromatic N) is 1. The standard InChI is InChI=1S/C18H17BrClN3OS2.ClH/c19-14-16-18(26-17(14)10-4-1-5-12(24)15(10)21)11(7-13(20)23-16)22-8-9-3-2-6-25-9;/h2-3,6-7,10,15H,1,4-5,8,21H2,(H,22,23);1H/t10-,15+;/m1./s1. The van der Waals surface area contributed by atoms with E-state index >= 15 is 0 Å². The van der Waals surface area contributed by atoms with E-state index in [4.69, 9.17) is 17.3 Å². The molecule has 0 bridgehead atoms. The van der Waals surface area contributed by atoms with E-state index in [0.29, 0.717) is 11.6 Å². The van der Waals surface area contributed by atoms with Crippen molar-refractivity contribution in [2.75, 3.05) is 5.32 Å². The van der Waals surface area contributed by atoms with Gasteiger partial charge in [0.25, 0.3) is 0 Å². The van der Waals surface area contributed by atoms with Crippen LogP contribution in [0.5, 0.6) is 0 Å². The van der Waals surface area contributed by atoms with Gasteiger partial charge < -0.3 is 11.1 Å². The number of nitrogens with two attached hydrogens (primary N) is 1. The summed E-state index contributed by atoms with van der Waals surface area (Å²) in [7, 11) is 0. The molecule has 1 fully saturated rings. The van der Waals surface area contributed by atoms with Gasteiger partial charge in [-0.2, -0.15) is 0 Å². The second kappa shape index (κ2) is 8.76. The van der Waals surface area contributed by atoms with Crippen LogP contribution >= 0.6 is 62.6 Å². The third kappa shape index (κ3) is 4.18. The number of aromatic nitrogens is 1. The third-order valence-corrected chi connectivity index (χ3v) is 8.17. The molecule has 4 rings (SSSR count). The predicted molar refractivity (Wildman–Crippen MR) is 121 cm³/mol. The van der Waals surface area contributed by atoms with E-state index in [-0.39, 0.29) is 24.1 Å². The molecule has 0 aliphatic heterocycles. The molecule has 3 N–H and O–H groups in total. The molecule has 3 heterocycles. The second-order valence-corrected chi connectivity index (χ2v) is 9.64. The summed E-state index contributed by atoms with van der Waals surface area (Å²) >= 11 is 13.3. The summed E-state index contributed by atoms with van der Waals surface area (Å²) in [5.74, 6) is 0.182. The van der Waals surface area contributed by atoms with E-state index in [9.17, 15) is 4.79 Å². The van der Waals surface area contributed by atoms with Crippen LogP contribution in [0.2, 0.25) is 5.15 Å². The maximum Gasteiger partial charge on any atom is 0.150 e. The van der Waals surface area contributed by atoms with Crippen LogP contribution in [-0.2, 0) is 11.3 Å². The van der Waals surface area contributed by atoms with Gasteiger partial charge in [-0.1, -0.05) is 17.7 Å². The number of nitrogens with one attached hydrogen (secondary N) is 1. The first-order chi connectivity index (χ1) is 12.5. The Bertz CT molecular complexity index is 961. The summed E-state index contributed by atoms with van der Waals surface area (Å²) in [6.45, 7) is 0.736. The summed E-state index contributed by atoms with van der Waals surface area (Å²) in [5, 5.41) is 5.98. The maximum atomic E-state index is 12.1. The molecule has 144 valence electrons. The maximum absolute atomic E-state index is 12.1. The molecular formula is C18H18BrCl2N3OS2. The molecule has 0 amide bonds. The minimum atomic E-state index is -0.439. The van der Waals surface area contributed by atoms with Crippen molar-refractivity contribution in [3.63, 3.8) is 0 Å². The van der Waals surface area contributed by atoms with E-state index < -0.39 is 6.04 Å². The van der Waals surface area contributed by atoms with Crippen LogP contribution in [0.15, 0.2) is 28.1 Å². The molecule has 0 aromatic carbocycles. The number of ketones is 1. The van der Waals surface area contributed by atoms with Crippen LogP contribution in [0.1, 0.15) is 34.9 Å². The number of hydrogen-bond donors (Lipinski definition) is 2. The number of hydrogen-bond acceptors (Lipinski definition) is 6. The highest BCUT2D eigenvalue weighted by molar-refractivity contribution is 9.10. The zero-order valence-corrected chi connectivity index (χ0v) is 19.0. The van der Waals surface area contributed by atoms with Gasteiger partial charge in [-0.05, 0) is 40.2 Å². The molecule has 1 aliphatic rings. The number of fused-ring (bicyclic) bond motifs is 1. The SMILES string of the molecule is Cl.N[C@@H]1C(=O)CCC[C@H]1c1sc2c(NCc3cccs3)cc(Cl)nc2c1Br. The van der Waals surface area contributed by atoms with Gasteiger partial charge in [0.1, 0.15) is 10.9 Å². The monoisotopic (exact) mass is 505 g/mol. The zero-order valence-electron chi connectivity index (χ0n) is 14.2. The first kappa shape index (κ1) is 21.0. The first-order valence-electron chi connectivity index (χ1n) is 8.37. The van der Waals surface area contributed by atoms with E-state index in [1.165, 1.54) is 4.88 Å². The Balaban J connectivity index is 0.00000210. The fourth-order valence-electron chi connectivity index (χ4n) is 3.35. The van der Waals surface area contributed by atoms with Crippen LogP contribution in [0.25, 0.3) is 10.2 Å². The largest absolute Gasteiger partial charge is 0.379 e. The lowest BCUT2D eigenvalue weighted by molar-refractivity contribution is -0.122. The molecule has 3 aromatic rings. The predicted octanol–water partition coefficient (Wildman–Crippen LogP) is 5.97. The normalized spacial score (nSPS) is 19.9. The molecule has 0 saturated heterocycles. The van der Waals surface area contributed by atoms with Crippen LogP contribution in [0.4, 0.5) is 5.69 Å². The van der Waals surface area contributed by atoms with Crippen LogP contribution in [0, 0.1) is 0 Å². The van der Waals surface area contributed by atoms with Gasteiger partial charge in [-0.15, -0.1) is 35.1 Å². The highest BCUT2D eigenvalue weighted by Crippen LogP contribution is 2.46.